The van der Waals surface area contributed by atoms with E-state index in [1.807, 2.05) is 0 Å². The van der Waals surface area contributed by atoms with Crippen LogP contribution in [0, 0.1) is 5.92 Å². The van der Waals surface area contributed by atoms with Crippen LogP contribution in [0.2, 0.25) is 0 Å². The maximum absolute atomic E-state index is 12.3. The summed E-state index contributed by atoms with van der Waals surface area (Å²) >= 11 is 0. The lowest BCUT2D eigenvalue weighted by Crippen LogP contribution is -2.42. The molecule has 0 fully saturated rings. The lowest BCUT2D eigenvalue weighted by Gasteiger charge is -2.24. The molecule has 0 saturated carbocycles. The van der Waals surface area contributed by atoms with Crippen molar-refractivity contribution in [3.8, 4) is 0 Å². The number of rotatable bonds is 21. The standard InChI is InChI=1S/C27H53NO4/c1-6-9-11-12-13-14-15-16-17-18-19-20-22-31-26(29)24(4)28(5)27(30)32-23-25(8-3)21-10-7-2/h24-25H,6-23H2,1-5H3. The van der Waals surface area contributed by atoms with Gasteiger partial charge >= 0.3 is 12.1 Å². The highest BCUT2D eigenvalue weighted by Gasteiger charge is 2.25. The minimum Gasteiger partial charge on any atom is -0.464 e. The summed E-state index contributed by atoms with van der Waals surface area (Å²) in [5.74, 6) is 0.0332. The van der Waals surface area contributed by atoms with E-state index < -0.39 is 12.1 Å². The monoisotopic (exact) mass is 455 g/mol. The molecular formula is C27H53NO4. The average molecular weight is 456 g/mol. The molecule has 0 rings (SSSR count). The molecule has 0 bridgehead atoms. The molecule has 0 N–H and O–H groups in total. The Bertz CT molecular complexity index is 455. The van der Waals surface area contributed by atoms with E-state index in [0.717, 1.165) is 38.5 Å². The number of unbranched alkanes of at least 4 members (excludes halogenated alkanes) is 12. The number of hydrogen-bond acceptors (Lipinski definition) is 4. The summed E-state index contributed by atoms with van der Waals surface area (Å²) < 4.78 is 10.8. The van der Waals surface area contributed by atoms with Gasteiger partial charge in [-0.2, -0.15) is 0 Å². The highest BCUT2D eigenvalue weighted by molar-refractivity contribution is 5.80. The van der Waals surface area contributed by atoms with Crippen molar-refractivity contribution in [3.05, 3.63) is 0 Å². The second-order valence-electron chi connectivity index (χ2n) is 9.34. The summed E-state index contributed by atoms with van der Waals surface area (Å²) in [6.45, 7) is 9.08. The predicted molar refractivity (Wildman–Crippen MR) is 134 cm³/mol. The van der Waals surface area contributed by atoms with Crippen molar-refractivity contribution in [1.82, 2.24) is 4.90 Å². The fourth-order valence-electron chi connectivity index (χ4n) is 3.74. The van der Waals surface area contributed by atoms with Gasteiger partial charge in [0.25, 0.3) is 0 Å². The third kappa shape index (κ3) is 16.4. The van der Waals surface area contributed by atoms with Gasteiger partial charge in [0, 0.05) is 7.05 Å². The predicted octanol–water partition coefficient (Wildman–Crippen LogP) is 7.90. The van der Waals surface area contributed by atoms with Crippen molar-refractivity contribution in [1.29, 1.82) is 0 Å². The van der Waals surface area contributed by atoms with Gasteiger partial charge in [-0.1, -0.05) is 111 Å². The summed E-state index contributed by atoms with van der Waals surface area (Å²) in [5, 5.41) is 0. The molecule has 0 aromatic carbocycles. The number of hydrogen-bond donors (Lipinski definition) is 0. The summed E-state index contributed by atoms with van der Waals surface area (Å²) in [6.07, 6.45) is 19.2. The van der Waals surface area contributed by atoms with Gasteiger partial charge in [-0.05, 0) is 25.7 Å². The fraction of sp³-hybridized carbons (Fsp3) is 0.926. The Labute approximate surface area is 199 Å². The molecule has 0 aliphatic carbocycles. The second-order valence-corrected chi connectivity index (χ2v) is 9.34. The number of carbonyl (C=O) groups excluding carboxylic acids is 2. The molecule has 2 atom stereocenters. The van der Waals surface area contributed by atoms with Crippen molar-refractivity contribution in [3.63, 3.8) is 0 Å². The molecule has 0 aromatic heterocycles. The molecule has 32 heavy (non-hydrogen) atoms. The highest BCUT2D eigenvalue weighted by atomic mass is 16.6. The maximum atomic E-state index is 12.3. The van der Waals surface area contributed by atoms with Crippen LogP contribution in [0.15, 0.2) is 0 Å². The van der Waals surface area contributed by atoms with Gasteiger partial charge in [0.05, 0.1) is 13.2 Å². The van der Waals surface area contributed by atoms with Crippen molar-refractivity contribution >= 4 is 12.1 Å². The first-order chi connectivity index (χ1) is 15.5. The zero-order chi connectivity index (χ0) is 24.0. The number of ether oxygens (including phenoxy) is 2. The molecule has 0 aliphatic rings. The van der Waals surface area contributed by atoms with Crippen molar-refractivity contribution < 1.29 is 19.1 Å². The zero-order valence-corrected chi connectivity index (χ0v) is 22.0. The third-order valence-electron chi connectivity index (χ3n) is 6.44. The van der Waals surface area contributed by atoms with E-state index in [4.69, 9.17) is 9.47 Å². The topological polar surface area (TPSA) is 55.8 Å². The van der Waals surface area contributed by atoms with Crippen LogP contribution in [0.3, 0.4) is 0 Å². The average Bonchev–Trinajstić information content (AvgIpc) is 2.80. The van der Waals surface area contributed by atoms with E-state index in [0.29, 0.717) is 19.1 Å². The largest absolute Gasteiger partial charge is 0.464 e. The van der Waals surface area contributed by atoms with Crippen LogP contribution in [-0.4, -0.2) is 43.3 Å². The number of amides is 1. The molecule has 0 aliphatic heterocycles. The van der Waals surface area contributed by atoms with Crippen LogP contribution >= 0.6 is 0 Å². The Kier molecular flexibility index (Phi) is 20.7. The van der Waals surface area contributed by atoms with Gasteiger partial charge in [-0.15, -0.1) is 0 Å². The molecule has 1 amide bonds. The first-order valence-corrected chi connectivity index (χ1v) is 13.5. The Morgan fingerprint density at radius 2 is 1.22 bits per heavy atom. The quantitative estimate of drug-likeness (QED) is 0.130. The molecule has 190 valence electrons. The molecule has 5 heteroatoms. The summed E-state index contributed by atoms with van der Waals surface area (Å²) in [7, 11) is 1.60. The van der Waals surface area contributed by atoms with Crippen LogP contribution in [-0.2, 0) is 14.3 Å². The number of nitrogens with zero attached hydrogens (tertiary/aromatic N) is 1. The molecule has 0 heterocycles. The summed E-state index contributed by atoms with van der Waals surface area (Å²) in [5.41, 5.74) is 0. The van der Waals surface area contributed by atoms with Gasteiger partial charge in [-0.25, -0.2) is 9.59 Å². The summed E-state index contributed by atoms with van der Waals surface area (Å²) in [4.78, 5) is 25.9. The maximum Gasteiger partial charge on any atom is 0.410 e. The lowest BCUT2D eigenvalue weighted by molar-refractivity contribution is -0.148. The molecule has 0 radical (unpaired) electrons. The van der Waals surface area contributed by atoms with Gasteiger partial charge in [0.15, 0.2) is 0 Å². The highest BCUT2D eigenvalue weighted by Crippen LogP contribution is 2.14. The summed E-state index contributed by atoms with van der Waals surface area (Å²) in [6, 6.07) is -0.629. The number of esters is 1. The second kappa shape index (κ2) is 21.6. The Hall–Kier alpha value is -1.26. The van der Waals surface area contributed by atoms with E-state index in [1.54, 1.807) is 14.0 Å². The minimum absolute atomic E-state index is 0.356. The molecule has 0 aromatic rings. The fourth-order valence-corrected chi connectivity index (χ4v) is 3.74. The Morgan fingerprint density at radius 1 is 0.719 bits per heavy atom. The first-order valence-electron chi connectivity index (χ1n) is 13.5. The van der Waals surface area contributed by atoms with E-state index in [-0.39, 0.29) is 5.97 Å². The first kappa shape index (κ1) is 30.7. The van der Waals surface area contributed by atoms with Crippen LogP contribution in [0.1, 0.15) is 130 Å². The normalized spacial score (nSPS) is 12.9. The van der Waals surface area contributed by atoms with Crippen molar-refractivity contribution in [2.75, 3.05) is 20.3 Å². The number of likely N-dealkylation sites (N-methyl/N-ethyl adjacent to an activating group) is 1. The van der Waals surface area contributed by atoms with Crippen LogP contribution in [0.25, 0.3) is 0 Å². The van der Waals surface area contributed by atoms with Crippen LogP contribution < -0.4 is 0 Å². The molecule has 0 spiro atoms. The lowest BCUT2D eigenvalue weighted by atomic mass is 10.0. The van der Waals surface area contributed by atoms with Crippen LogP contribution in [0.4, 0.5) is 4.79 Å². The SMILES string of the molecule is CCCCCCCCCCCCCCOC(=O)C(C)N(C)C(=O)OCC(CC)CCCC. The van der Waals surface area contributed by atoms with Gasteiger partial charge in [0.2, 0.25) is 0 Å². The minimum atomic E-state index is -0.629. The molecule has 0 saturated heterocycles. The van der Waals surface area contributed by atoms with Crippen LogP contribution in [0.5, 0.6) is 0 Å². The smallest absolute Gasteiger partial charge is 0.410 e. The zero-order valence-electron chi connectivity index (χ0n) is 22.0. The van der Waals surface area contributed by atoms with Gasteiger partial charge in [-0.3, -0.25) is 4.90 Å². The molecule has 2 unspecified atom stereocenters. The van der Waals surface area contributed by atoms with Gasteiger partial charge in [0.1, 0.15) is 6.04 Å². The van der Waals surface area contributed by atoms with E-state index >= 15 is 0 Å². The number of carbonyl (C=O) groups is 2. The molecular weight excluding hydrogens is 402 g/mol. The molecule has 5 nitrogen and oxygen atoms in total. The van der Waals surface area contributed by atoms with Crippen molar-refractivity contribution in [2.24, 2.45) is 5.92 Å². The van der Waals surface area contributed by atoms with Gasteiger partial charge < -0.3 is 9.47 Å². The van der Waals surface area contributed by atoms with E-state index in [9.17, 15) is 9.59 Å². The van der Waals surface area contributed by atoms with E-state index in [2.05, 4.69) is 20.8 Å². The van der Waals surface area contributed by atoms with Crippen molar-refractivity contribution in [2.45, 2.75) is 136 Å². The van der Waals surface area contributed by atoms with E-state index in [1.165, 1.54) is 69.1 Å². The Balaban J connectivity index is 3.77. The Morgan fingerprint density at radius 3 is 1.72 bits per heavy atom. The third-order valence-corrected chi connectivity index (χ3v) is 6.44.